The van der Waals surface area contributed by atoms with Crippen molar-refractivity contribution in [2.45, 2.75) is 6.61 Å². The molecule has 0 spiro atoms. The smallest absolute Gasteiger partial charge is 0.275 e. The third kappa shape index (κ3) is 4.75. The Bertz CT molecular complexity index is 1070. The fourth-order valence-electron chi connectivity index (χ4n) is 2.79. The molecule has 4 rings (SSSR count). The number of fused-ring (bicyclic) bond motifs is 1. The summed E-state index contributed by atoms with van der Waals surface area (Å²) in [4.78, 5) is 12.6. The van der Waals surface area contributed by atoms with Gasteiger partial charge in [-0.25, -0.2) is 5.43 Å². The maximum Gasteiger partial charge on any atom is 0.275 e. The molecule has 6 nitrogen and oxygen atoms in total. The number of carbonyl (C=O) groups is 1. The molecule has 3 aromatic carbocycles. The number of ether oxygens (including phenoxy) is 3. The lowest BCUT2D eigenvalue weighted by Gasteiger charge is -2.10. The third-order valence-electron chi connectivity index (χ3n) is 4.19. The Labute approximate surface area is 176 Å². The van der Waals surface area contributed by atoms with Crippen molar-refractivity contribution in [1.82, 2.24) is 5.43 Å². The number of hydrogen-bond acceptors (Lipinski definition) is 5. The molecule has 0 bridgehead atoms. The van der Waals surface area contributed by atoms with Crippen LogP contribution in [0.15, 0.2) is 76.3 Å². The van der Waals surface area contributed by atoms with Crippen LogP contribution in [0.5, 0.6) is 17.2 Å². The van der Waals surface area contributed by atoms with Gasteiger partial charge in [0.1, 0.15) is 12.4 Å². The molecule has 1 aliphatic rings. The lowest BCUT2D eigenvalue weighted by Crippen LogP contribution is -2.18. The van der Waals surface area contributed by atoms with Gasteiger partial charge in [0.25, 0.3) is 5.91 Å². The summed E-state index contributed by atoms with van der Waals surface area (Å²) in [5, 5.41) is 4.03. The second-order valence-corrected chi connectivity index (χ2v) is 7.14. The summed E-state index contributed by atoms with van der Waals surface area (Å²) in [5.74, 6) is 1.49. The van der Waals surface area contributed by atoms with E-state index in [1.807, 2.05) is 36.4 Å². The maximum absolute atomic E-state index is 12.6. The molecule has 146 valence electrons. The molecule has 0 aliphatic carbocycles. The van der Waals surface area contributed by atoms with E-state index in [1.54, 1.807) is 36.5 Å². The van der Waals surface area contributed by atoms with E-state index in [-0.39, 0.29) is 12.7 Å². The first-order valence-electron chi connectivity index (χ1n) is 8.88. The van der Waals surface area contributed by atoms with Crippen LogP contribution in [-0.2, 0) is 6.61 Å². The molecular weight excluding hydrogens is 436 g/mol. The summed E-state index contributed by atoms with van der Waals surface area (Å²) in [6, 6.07) is 20.3. The molecule has 0 fully saturated rings. The van der Waals surface area contributed by atoms with Gasteiger partial charge in [-0.15, -0.1) is 0 Å². The highest BCUT2D eigenvalue weighted by Crippen LogP contribution is 2.32. The second kappa shape index (κ2) is 8.79. The average Bonchev–Trinajstić information content (AvgIpc) is 3.20. The summed E-state index contributed by atoms with van der Waals surface area (Å²) in [6.07, 6.45) is 1.55. The summed E-state index contributed by atoms with van der Waals surface area (Å²) in [6.45, 7) is 0.563. The highest BCUT2D eigenvalue weighted by Gasteiger charge is 2.13. The van der Waals surface area contributed by atoms with E-state index in [4.69, 9.17) is 14.2 Å². The predicted molar refractivity (Wildman–Crippen MR) is 113 cm³/mol. The number of benzene rings is 3. The van der Waals surface area contributed by atoms with E-state index < -0.39 is 0 Å². The van der Waals surface area contributed by atoms with Crippen molar-refractivity contribution in [3.63, 3.8) is 0 Å². The first kappa shape index (κ1) is 19.0. The van der Waals surface area contributed by atoms with Crippen molar-refractivity contribution in [3.8, 4) is 17.2 Å². The van der Waals surface area contributed by atoms with Crippen LogP contribution in [0.1, 0.15) is 21.5 Å². The Morgan fingerprint density at radius 2 is 1.93 bits per heavy atom. The van der Waals surface area contributed by atoms with Crippen LogP contribution in [0.4, 0.5) is 0 Å². The Morgan fingerprint density at radius 1 is 1.07 bits per heavy atom. The van der Waals surface area contributed by atoms with Gasteiger partial charge in [0.05, 0.1) is 11.8 Å². The normalized spacial score (nSPS) is 12.2. The molecule has 3 aromatic rings. The highest BCUT2D eigenvalue weighted by atomic mass is 79.9. The zero-order chi connectivity index (χ0) is 20.1. The topological polar surface area (TPSA) is 69.2 Å². The Kier molecular flexibility index (Phi) is 5.76. The third-order valence-corrected chi connectivity index (χ3v) is 4.68. The number of hydrogen-bond donors (Lipinski definition) is 1. The standard InChI is InChI=1S/C22H17BrN2O4/c23-17-5-3-4-16(10-17)13-27-19-7-2-1-6-18(19)22(26)25-24-12-15-8-9-20-21(11-15)29-14-28-20/h1-12H,13-14H2,(H,25,26)/b24-12-. The summed E-state index contributed by atoms with van der Waals surface area (Å²) in [5.41, 5.74) is 4.72. The molecule has 0 unspecified atom stereocenters. The van der Waals surface area contributed by atoms with E-state index in [0.717, 1.165) is 15.6 Å². The first-order chi connectivity index (χ1) is 14.2. The van der Waals surface area contributed by atoms with Gasteiger partial charge in [-0.2, -0.15) is 5.10 Å². The molecule has 1 heterocycles. The van der Waals surface area contributed by atoms with Crippen molar-refractivity contribution in [2.24, 2.45) is 5.10 Å². The molecule has 7 heteroatoms. The first-order valence-corrected chi connectivity index (χ1v) is 9.68. The van der Waals surface area contributed by atoms with E-state index >= 15 is 0 Å². The van der Waals surface area contributed by atoms with E-state index in [1.165, 1.54) is 0 Å². The van der Waals surface area contributed by atoms with Gasteiger partial charge in [-0.3, -0.25) is 4.79 Å². The zero-order valence-electron chi connectivity index (χ0n) is 15.3. The van der Waals surface area contributed by atoms with Gasteiger partial charge in [0.2, 0.25) is 6.79 Å². The zero-order valence-corrected chi connectivity index (χ0v) is 16.9. The molecule has 0 aromatic heterocycles. The molecule has 0 atom stereocenters. The van der Waals surface area contributed by atoms with Gasteiger partial charge in [-0.05, 0) is 53.6 Å². The van der Waals surface area contributed by atoms with Crippen LogP contribution < -0.4 is 19.6 Å². The number of rotatable bonds is 6. The predicted octanol–water partition coefficient (Wildman–Crippen LogP) is 4.52. The van der Waals surface area contributed by atoms with Crippen LogP contribution in [0.25, 0.3) is 0 Å². The molecule has 1 N–H and O–H groups in total. The average molecular weight is 453 g/mol. The number of halogens is 1. The van der Waals surface area contributed by atoms with Gasteiger partial charge in [0, 0.05) is 4.47 Å². The summed E-state index contributed by atoms with van der Waals surface area (Å²) >= 11 is 3.44. The molecule has 0 saturated carbocycles. The van der Waals surface area contributed by atoms with Gasteiger partial charge in [0.15, 0.2) is 11.5 Å². The van der Waals surface area contributed by atoms with Crippen LogP contribution in [0.2, 0.25) is 0 Å². The van der Waals surface area contributed by atoms with Crippen LogP contribution in [-0.4, -0.2) is 18.9 Å². The SMILES string of the molecule is O=C(N/N=C\c1ccc2c(c1)OCO2)c1ccccc1OCc1cccc(Br)c1. The van der Waals surface area contributed by atoms with E-state index in [0.29, 0.717) is 29.4 Å². The van der Waals surface area contributed by atoms with Crippen molar-refractivity contribution >= 4 is 28.1 Å². The van der Waals surface area contributed by atoms with E-state index in [9.17, 15) is 4.79 Å². The molecular formula is C22H17BrN2O4. The lowest BCUT2D eigenvalue weighted by molar-refractivity contribution is 0.0950. The van der Waals surface area contributed by atoms with Crippen molar-refractivity contribution in [2.75, 3.05) is 6.79 Å². The van der Waals surface area contributed by atoms with Gasteiger partial charge in [-0.1, -0.05) is 40.2 Å². The molecule has 29 heavy (non-hydrogen) atoms. The summed E-state index contributed by atoms with van der Waals surface area (Å²) in [7, 11) is 0. The largest absolute Gasteiger partial charge is 0.488 e. The maximum atomic E-state index is 12.6. The van der Waals surface area contributed by atoms with Crippen LogP contribution in [0.3, 0.4) is 0 Å². The van der Waals surface area contributed by atoms with Crippen molar-refractivity contribution < 1.29 is 19.0 Å². The number of nitrogens with zero attached hydrogens (tertiary/aromatic N) is 1. The fraction of sp³-hybridized carbons (Fsp3) is 0.0909. The van der Waals surface area contributed by atoms with Gasteiger partial charge < -0.3 is 14.2 Å². The van der Waals surface area contributed by atoms with Crippen molar-refractivity contribution in [3.05, 3.63) is 87.9 Å². The van der Waals surface area contributed by atoms with Crippen molar-refractivity contribution in [1.29, 1.82) is 0 Å². The van der Waals surface area contributed by atoms with E-state index in [2.05, 4.69) is 26.5 Å². The molecule has 0 radical (unpaired) electrons. The Hall–Kier alpha value is -3.32. The quantitative estimate of drug-likeness (QED) is 0.440. The molecule has 0 saturated heterocycles. The van der Waals surface area contributed by atoms with Crippen LogP contribution in [0, 0.1) is 0 Å². The minimum absolute atomic E-state index is 0.212. The van der Waals surface area contributed by atoms with Crippen LogP contribution >= 0.6 is 15.9 Å². The number of para-hydroxylation sites is 1. The summed E-state index contributed by atoms with van der Waals surface area (Å²) < 4.78 is 17.4. The monoisotopic (exact) mass is 452 g/mol. The number of carbonyl (C=O) groups excluding carboxylic acids is 1. The fourth-order valence-corrected chi connectivity index (χ4v) is 3.23. The molecule has 1 amide bonds. The number of amides is 1. The Morgan fingerprint density at radius 3 is 2.83 bits per heavy atom. The lowest BCUT2D eigenvalue weighted by atomic mass is 10.2. The Balaban J connectivity index is 1.41. The van der Waals surface area contributed by atoms with Gasteiger partial charge >= 0.3 is 0 Å². The highest BCUT2D eigenvalue weighted by molar-refractivity contribution is 9.10. The number of hydrazone groups is 1. The molecule has 1 aliphatic heterocycles. The minimum atomic E-state index is -0.355. The minimum Gasteiger partial charge on any atom is -0.488 e. The second-order valence-electron chi connectivity index (χ2n) is 6.23. The number of nitrogens with one attached hydrogen (secondary N) is 1.